The molecule has 2 aromatic rings. The Balaban J connectivity index is 2.12. The molecule has 23 heavy (non-hydrogen) atoms. The van der Waals surface area contributed by atoms with E-state index < -0.39 is 30.3 Å². The van der Waals surface area contributed by atoms with Crippen LogP contribution < -0.4 is 5.32 Å². The molecule has 0 aliphatic carbocycles. The van der Waals surface area contributed by atoms with Gasteiger partial charge in [0.2, 0.25) is 0 Å². The number of amides is 1. The highest BCUT2D eigenvalue weighted by molar-refractivity contribution is 7.17. The normalized spacial score (nSPS) is 11.7. The monoisotopic (exact) mass is 337 g/mol. The molecule has 6 nitrogen and oxygen atoms in total. The molecule has 0 radical (unpaired) electrons. The third kappa shape index (κ3) is 4.36. The average molecular weight is 337 g/mol. The van der Waals surface area contributed by atoms with E-state index in [0.29, 0.717) is 4.88 Å². The lowest BCUT2D eigenvalue weighted by Crippen LogP contribution is -2.41. The first-order chi connectivity index (χ1) is 10.9. The van der Waals surface area contributed by atoms with E-state index in [-0.39, 0.29) is 10.7 Å². The first-order valence-corrected chi connectivity index (χ1v) is 7.29. The molecule has 0 unspecified atom stereocenters. The summed E-state index contributed by atoms with van der Waals surface area (Å²) in [7, 11) is 0. The first-order valence-electron chi connectivity index (χ1n) is 6.48. The molecule has 0 spiro atoms. The van der Waals surface area contributed by atoms with E-state index in [1.165, 1.54) is 18.2 Å². The molecule has 0 saturated heterocycles. The van der Waals surface area contributed by atoms with Crippen LogP contribution in [0.1, 0.15) is 16.1 Å². The lowest BCUT2D eigenvalue weighted by Gasteiger charge is -2.11. The zero-order valence-corrected chi connectivity index (χ0v) is 12.5. The third-order valence-electron chi connectivity index (χ3n) is 2.94. The molecule has 1 atom stereocenters. The molecule has 0 fully saturated rings. The number of carbonyl (C=O) groups is 3. The maximum absolute atomic E-state index is 12.9. The van der Waals surface area contributed by atoms with Crippen LogP contribution in [0.15, 0.2) is 36.4 Å². The van der Waals surface area contributed by atoms with Crippen LogP contribution in [0.4, 0.5) is 4.39 Å². The molecule has 3 N–H and O–H groups in total. The summed E-state index contributed by atoms with van der Waals surface area (Å²) in [4.78, 5) is 34.5. The van der Waals surface area contributed by atoms with E-state index in [9.17, 15) is 18.8 Å². The smallest absolute Gasteiger partial charge is 0.326 e. The van der Waals surface area contributed by atoms with Gasteiger partial charge >= 0.3 is 11.9 Å². The molecule has 0 saturated carbocycles. The Bertz CT molecular complexity index is 741. The molecule has 0 aliphatic heterocycles. The van der Waals surface area contributed by atoms with Gasteiger partial charge in [0.05, 0.1) is 11.3 Å². The van der Waals surface area contributed by atoms with Crippen molar-refractivity contribution < 1.29 is 29.0 Å². The Morgan fingerprint density at radius 3 is 2.30 bits per heavy atom. The molecule has 2 rings (SSSR count). The van der Waals surface area contributed by atoms with Gasteiger partial charge in [-0.25, -0.2) is 9.18 Å². The van der Waals surface area contributed by atoms with Crippen molar-refractivity contribution in [2.24, 2.45) is 0 Å². The molecule has 0 aliphatic rings. The Morgan fingerprint density at radius 2 is 1.74 bits per heavy atom. The van der Waals surface area contributed by atoms with E-state index >= 15 is 0 Å². The number of carbonyl (C=O) groups excluding carboxylic acids is 1. The molecule has 8 heteroatoms. The van der Waals surface area contributed by atoms with Gasteiger partial charge in [-0.3, -0.25) is 9.59 Å². The second-order valence-electron chi connectivity index (χ2n) is 4.63. The van der Waals surface area contributed by atoms with Crippen molar-refractivity contribution in [3.05, 3.63) is 47.1 Å². The number of nitrogens with one attached hydrogen (secondary N) is 1. The van der Waals surface area contributed by atoms with Crippen molar-refractivity contribution in [1.29, 1.82) is 0 Å². The minimum atomic E-state index is -1.50. The lowest BCUT2D eigenvalue weighted by atomic mass is 10.2. The van der Waals surface area contributed by atoms with Gasteiger partial charge < -0.3 is 15.5 Å². The minimum Gasteiger partial charge on any atom is -0.481 e. The fourth-order valence-corrected chi connectivity index (χ4v) is 2.75. The van der Waals surface area contributed by atoms with Crippen LogP contribution in [0.5, 0.6) is 0 Å². The van der Waals surface area contributed by atoms with Crippen molar-refractivity contribution in [1.82, 2.24) is 5.32 Å². The zero-order valence-electron chi connectivity index (χ0n) is 11.7. The van der Waals surface area contributed by atoms with Gasteiger partial charge in [-0.15, -0.1) is 11.3 Å². The number of aliphatic carboxylic acids is 2. The maximum Gasteiger partial charge on any atom is 0.326 e. The van der Waals surface area contributed by atoms with Gasteiger partial charge in [-0.1, -0.05) is 12.1 Å². The van der Waals surface area contributed by atoms with Gasteiger partial charge in [-0.05, 0) is 29.8 Å². The van der Waals surface area contributed by atoms with Crippen molar-refractivity contribution >= 4 is 29.2 Å². The molecule has 1 amide bonds. The van der Waals surface area contributed by atoms with E-state index in [1.807, 2.05) is 0 Å². The Hall–Kier alpha value is -2.74. The quantitative estimate of drug-likeness (QED) is 0.750. The Morgan fingerprint density at radius 1 is 1.09 bits per heavy atom. The summed E-state index contributed by atoms with van der Waals surface area (Å²) in [6, 6.07) is 7.36. The number of carboxylic acid groups (broad SMARTS) is 2. The van der Waals surface area contributed by atoms with Crippen LogP contribution in [0.3, 0.4) is 0 Å². The number of benzene rings is 1. The maximum atomic E-state index is 12.9. The number of rotatable bonds is 6. The van der Waals surface area contributed by atoms with Crippen molar-refractivity contribution in [3.8, 4) is 10.4 Å². The van der Waals surface area contributed by atoms with Crippen LogP contribution in [0.2, 0.25) is 0 Å². The van der Waals surface area contributed by atoms with Crippen LogP contribution in [-0.2, 0) is 9.59 Å². The number of hydrogen-bond acceptors (Lipinski definition) is 4. The summed E-state index contributed by atoms with van der Waals surface area (Å²) in [5.41, 5.74) is 0.718. The van der Waals surface area contributed by atoms with Crippen LogP contribution in [-0.4, -0.2) is 34.1 Å². The predicted octanol–water partition coefficient (Wildman–Crippen LogP) is 2.21. The molecule has 0 bridgehead atoms. The molecule has 1 aromatic carbocycles. The molecular formula is C15H12FNO5S. The summed E-state index contributed by atoms with van der Waals surface area (Å²) in [6.45, 7) is 0. The predicted molar refractivity (Wildman–Crippen MR) is 80.9 cm³/mol. The molecule has 1 heterocycles. The molecule has 1 aromatic heterocycles. The lowest BCUT2D eigenvalue weighted by molar-refractivity contribution is -0.145. The van der Waals surface area contributed by atoms with Crippen LogP contribution in [0.25, 0.3) is 10.4 Å². The van der Waals surface area contributed by atoms with E-state index in [0.717, 1.165) is 16.9 Å². The third-order valence-corrected chi connectivity index (χ3v) is 4.07. The van der Waals surface area contributed by atoms with E-state index in [4.69, 9.17) is 10.2 Å². The number of halogens is 1. The van der Waals surface area contributed by atoms with Gasteiger partial charge in [0.15, 0.2) is 0 Å². The van der Waals surface area contributed by atoms with Crippen LogP contribution in [0, 0.1) is 5.82 Å². The summed E-state index contributed by atoms with van der Waals surface area (Å²) in [6.07, 6.45) is -0.711. The summed E-state index contributed by atoms with van der Waals surface area (Å²) < 4.78 is 12.9. The largest absolute Gasteiger partial charge is 0.481 e. The molecule has 120 valence electrons. The second kappa shape index (κ2) is 7.01. The van der Waals surface area contributed by atoms with Gasteiger partial charge in [0.1, 0.15) is 11.9 Å². The van der Waals surface area contributed by atoms with Gasteiger partial charge in [0, 0.05) is 4.88 Å². The van der Waals surface area contributed by atoms with Gasteiger partial charge in [-0.2, -0.15) is 0 Å². The fraction of sp³-hybridized carbons (Fsp3) is 0.133. The van der Waals surface area contributed by atoms with Crippen molar-refractivity contribution in [3.63, 3.8) is 0 Å². The summed E-state index contributed by atoms with van der Waals surface area (Å²) in [5.74, 6) is -3.79. The van der Waals surface area contributed by atoms with Crippen LogP contribution >= 0.6 is 11.3 Å². The summed E-state index contributed by atoms with van der Waals surface area (Å²) >= 11 is 1.10. The van der Waals surface area contributed by atoms with Gasteiger partial charge in [0.25, 0.3) is 5.91 Å². The average Bonchev–Trinajstić information content (AvgIpc) is 2.96. The van der Waals surface area contributed by atoms with Crippen molar-refractivity contribution in [2.75, 3.05) is 0 Å². The number of hydrogen-bond donors (Lipinski definition) is 3. The first kappa shape index (κ1) is 16.6. The van der Waals surface area contributed by atoms with E-state index in [2.05, 4.69) is 5.32 Å². The highest BCUT2D eigenvalue weighted by Gasteiger charge is 2.24. The zero-order chi connectivity index (χ0) is 17.0. The fourth-order valence-electron chi connectivity index (χ4n) is 1.83. The standard InChI is InChI=1S/C15H12FNO5S/c16-9-3-1-8(2-4-9)11-5-6-12(23-11)14(20)17-10(15(21)22)7-13(18)19/h1-6,10H,7H2,(H,17,20)(H,18,19)(H,21,22)/t10-/m1/s1. The topological polar surface area (TPSA) is 104 Å². The second-order valence-corrected chi connectivity index (χ2v) is 5.72. The van der Waals surface area contributed by atoms with Crippen molar-refractivity contribution in [2.45, 2.75) is 12.5 Å². The highest BCUT2D eigenvalue weighted by atomic mass is 32.1. The Labute approximate surface area is 134 Å². The Kier molecular flexibility index (Phi) is 5.07. The molecular weight excluding hydrogens is 325 g/mol. The number of thiophene rings is 1. The summed E-state index contributed by atoms with van der Waals surface area (Å²) in [5, 5.41) is 19.7. The minimum absolute atomic E-state index is 0.237. The SMILES string of the molecule is O=C(O)C[C@@H](NC(=O)c1ccc(-c2ccc(F)cc2)s1)C(=O)O. The number of carboxylic acids is 2. The highest BCUT2D eigenvalue weighted by Crippen LogP contribution is 2.28. The van der Waals surface area contributed by atoms with E-state index in [1.54, 1.807) is 18.2 Å².